The van der Waals surface area contributed by atoms with Gasteiger partial charge in [0.15, 0.2) is 17.5 Å². The molecule has 3 heterocycles. The Labute approximate surface area is 155 Å². The third-order valence-electron chi connectivity index (χ3n) is 4.17. The molecule has 0 fully saturated rings. The summed E-state index contributed by atoms with van der Waals surface area (Å²) in [4.78, 5) is 8.59. The molecule has 9 heteroatoms. The minimum Gasteiger partial charge on any atom is -0.266 e. The lowest BCUT2D eigenvalue weighted by Crippen LogP contribution is -2.05. The fraction of sp³-hybridized carbons (Fsp3) is 0.0556. The molecule has 2 aliphatic rings. The van der Waals surface area contributed by atoms with Crippen molar-refractivity contribution in [2.45, 2.75) is 6.54 Å². The first-order chi connectivity index (χ1) is 13.2. The van der Waals surface area contributed by atoms with E-state index in [0.717, 1.165) is 22.7 Å². The molecule has 5 rings (SSSR count). The van der Waals surface area contributed by atoms with Crippen LogP contribution in [0.2, 0.25) is 0 Å². The number of fused-ring (bicyclic) bond motifs is 2. The van der Waals surface area contributed by atoms with Crippen LogP contribution in [0.3, 0.4) is 0 Å². The van der Waals surface area contributed by atoms with Crippen LogP contribution in [0.15, 0.2) is 48.8 Å². The van der Waals surface area contributed by atoms with Crippen LogP contribution in [-0.4, -0.2) is 28.5 Å². The van der Waals surface area contributed by atoms with Gasteiger partial charge in [-0.05, 0) is 29.8 Å². The SMILES string of the molecule is Fc1cccc(-c2nc3cnn(Cc4ccc5nsnc5c4)cc-3n2)c1F. The molecule has 0 N–H and O–H groups in total. The van der Waals surface area contributed by atoms with Crippen LogP contribution in [0.5, 0.6) is 0 Å². The van der Waals surface area contributed by atoms with Crippen molar-refractivity contribution >= 4 is 22.8 Å². The van der Waals surface area contributed by atoms with E-state index in [1.807, 2.05) is 18.2 Å². The van der Waals surface area contributed by atoms with Crippen molar-refractivity contribution in [3.05, 3.63) is 66.0 Å². The Hall–Kier alpha value is -3.33. The summed E-state index contributed by atoms with van der Waals surface area (Å²) in [6.07, 6.45) is 3.29. The van der Waals surface area contributed by atoms with Crippen molar-refractivity contribution < 1.29 is 8.78 Å². The topological polar surface area (TPSA) is 69.4 Å². The van der Waals surface area contributed by atoms with Gasteiger partial charge in [-0.1, -0.05) is 12.1 Å². The van der Waals surface area contributed by atoms with Crippen molar-refractivity contribution in [1.29, 1.82) is 0 Å². The maximum atomic E-state index is 14.0. The van der Waals surface area contributed by atoms with E-state index in [2.05, 4.69) is 23.8 Å². The van der Waals surface area contributed by atoms with Crippen LogP contribution in [0, 0.1) is 11.6 Å². The molecule has 27 heavy (non-hydrogen) atoms. The highest BCUT2D eigenvalue weighted by Crippen LogP contribution is 2.27. The molecule has 0 spiro atoms. The van der Waals surface area contributed by atoms with Gasteiger partial charge >= 0.3 is 0 Å². The molecule has 0 saturated heterocycles. The summed E-state index contributed by atoms with van der Waals surface area (Å²) in [6, 6.07) is 9.78. The smallest absolute Gasteiger partial charge is 0.169 e. The van der Waals surface area contributed by atoms with Crippen molar-refractivity contribution in [2.75, 3.05) is 0 Å². The second kappa shape index (κ2) is 6.13. The van der Waals surface area contributed by atoms with Gasteiger partial charge in [0.2, 0.25) is 0 Å². The number of hydrogen-bond acceptors (Lipinski definition) is 6. The van der Waals surface area contributed by atoms with Crippen LogP contribution < -0.4 is 0 Å². The Morgan fingerprint density at radius 1 is 0.963 bits per heavy atom. The molecule has 0 radical (unpaired) electrons. The monoisotopic (exact) mass is 380 g/mol. The summed E-state index contributed by atoms with van der Waals surface area (Å²) in [5.74, 6) is -1.75. The molecular weight excluding hydrogens is 370 g/mol. The molecule has 0 aliphatic carbocycles. The fourth-order valence-electron chi connectivity index (χ4n) is 2.86. The Balaban J connectivity index is 1.50. The maximum Gasteiger partial charge on any atom is 0.169 e. The summed E-state index contributed by atoms with van der Waals surface area (Å²) in [5, 5.41) is 4.33. The highest BCUT2D eigenvalue weighted by atomic mass is 32.1. The Morgan fingerprint density at radius 2 is 1.81 bits per heavy atom. The summed E-state index contributed by atoms with van der Waals surface area (Å²) in [5.41, 5.74) is 3.82. The second-order valence-corrected chi connectivity index (χ2v) is 6.51. The van der Waals surface area contributed by atoms with Crippen molar-refractivity contribution in [1.82, 2.24) is 28.5 Å². The third-order valence-corrected chi connectivity index (χ3v) is 4.73. The van der Waals surface area contributed by atoms with Gasteiger partial charge in [0.05, 0.1) is 36.2 Å². The van der Waals surface area contributed by atoms with E-state index < -0.39 is 11.6 Å². The van der Waals surface area contributed by atoms with Gasteiger partial charge in [0, 0.05) is 0 Å². The number of benzene rings is 2. The molecule has 2 aromatic carbocycles. The van der Waals surface area contributed by atoms with E-state index in [1.54, 1.807) is 17.1 Å². The van der Waals surface area contributed by atoms with Crippen molar-refractivity contribution in [3.8, 4) is 22.8 Å². The summed E-state index contributed by atoms with van der Waals surface area (Å²) < 4.78 is 37.6. The van der Waals surface area contributed by atoms with E-state index in [-0.39, 0.29) is 11.4 Å². The molecule has 0 bridgehead atoms. The third kappa shape index (κ3) is 2.81. The van der Waals surface area contributed by atoms with Crippen LogP contribution in [0.4, 0.5) is 8.78 Å². The predicted molar refractivity (Wildman–Crippen MR) is 96.3 cm³/mol. The van der Waals surface area contributed by atoms with Crippen LogP contribution in [0.25, 0.3) is 33.8 Å². The van der Waals surface area contributed by atoms with E-state index in [4.69, 9.17) is 0 Å². The van der Waals surface area contributed by atoms with E-state index >= 15 is 0 Å². The minimum absolute atomic E-state index is 0.0271. The number of hydrogen-bond donors (Lipinski definition) is 0. The zero-order valence-electron chi connectivity index (χ0n) is 13.7. The number of aromatic nitrogens is 6. The highest BCUT2D eigenvalue weighted by molar-refractivity contribution is 7.00. The first-order valence-corrected chi connectivity index (χ1v) is 8.76. The summed E-state index contributed by atoms with van der Waals surface area (Å²) >= 11 is 1.17. The first-order valence-electron chi connectivity index (χ1n) is 8.03. The molecule has 1 aromatic heterocycles. The average Bonchev–Trinajstić information content (AvgIpc) is 3.29. The Bertz CT molecular complexity index is 1250. The maximum absolute atomic E-state index is 14.0. The van der Waals surface area contributed by atoms with Gasteiger partial charge in [0.25, 0.3) is 0 Å². The second-order valence-electron chi connectivity index (χ2n) is 5.98. The number of rotatable bonds is 3. The lowest BCUT2D eigenvalue weighted by atomic mass is 10.2. The number of nitrogens with zero attached hydrogens (tertiary/aromatic N) is 6. The molecule has 0 amide bonds. The fourth-order valence-corrected chi connectivity index (χ4v) is 3.37. The lowest BCUT2D eigenvalue weighted by Gasteiger charge is -2.06. The zero-order valence-corrected chi connectivity index (χ0v) is 14.5. The molecule has 0 unspecified atom stereocenters. The average molecular weight is 380 g/mol. The van der Waals surface area contributed by atoms with Gasteiger partial charge in [-0.2, -0.15) is 13.8 Å². The normalized spacial score (nSPS) is 11.5. The number of imidazole rings is 1. The van der Waals surface area contributed by atoms with Gasteiger partial charge in [-0.25, -0.2) is 18.7 Å². The van der Waals surface area contributed by atoms with E-state index in [0.29, 0.717) is 17.9 Å². The van der Waals surface area contributed by atoms with Crippen molar-refractivity contribution in [3.63, 3.8) is 0 Å². The Morgan fingerprint density at radius 3 is 2.74 bits per heavy atom. The van der Waals surface area contributed by atoms with Crippen LogP contribution in [-0.2, 0) is 6.54 Å². The molecular formula is C18H10F2N6S. The zero-order chi connectivity index (χ0) is 18.4. The first kappa shape index (κ1) is 15.9. The quantitative estimate of drug-likeness (QED) is 0.476. The standard InChI is InChI=1S/C18H10F2N6S/c19-12-3-1-2-11(17(12)20)18-22-15-7-21-26(9-16(15)23-18)8-10-4-5-13-14(6-10)25-27-24-13/h1-7,9H,8H2. The van der Waals surface area contributed by atoms with E-state index in [9.17, 15) is 8.78 Å². The molecule has 0 atom stereocenters. The van der Waals surface area contributed by atoms with Gasteiger partial charge in [-0.15, -0.1) is 0 Å². The van der Waals surface area contributed by atoms with Gasteiger partial charge < -0.3 is 0 Å². The molecule has 6 nitrogen and oxygen atoms in total. The summed E-state index contributed by atoms with van der Waals surface area (Å²) in [6.45, 7) is 0.514. The van der Waals surface area contributed by atoms with Crippen LogP contribution in [0.1, 0.15) is 5.56 Å². The van der Waals surface area contributed by atoms with Gasteiger partial charge in [-0.3, -0.25) is 4.68 Å². The van der Waals surface area contributed by atoms with Crippen molar-refractivity contribution in [2.24, 2.45) is 0 Å². The molecule has 132 valence electrons. The Kier molecular flexibility index (Phi) is 3.61. The highest BCUT2D eigenvalue weighted by Gasteiger charge is 2.18. The summed E-state index contributed by atoms with van der Waals surface area (Å²) in [7, 11) is 0. The molecule has 2 aliphatic heterocycles. The van der Waals surface area contributed by atoms with E-state index in [1.165, 1.54) is 23.9 Å². The molecule has 0 saturated carbocycles. The van der Waals surface area contributed by atoms with Gasteiger partial charge in [0.1, 0.15) is 22.4 Å². The predicted octanol–water partition coefficient (Wildman–Crippen LogP) is 3.78. The lowest BCUT2D eigenvalue weighted by molar-refractivity contribution is 0.510. The largest absolute Gasteiger partial charge is 0.266 e. The number of halogens is 2. The minimum atomic E-state index is -0.959. The van der Waals surface area contributed by atoms with Crippen LogP contribution >= 0.6 is 11.7 Å². The molecule has 3 aromatic rings.